The number of hydrogen-bond acceptors (Lipinski definition) is 13. The van der Waals surface area contributed by atoms with Crippen molar-refractivity contribution < 1.29 is 64.5 Å². The van der Waals surface area contributed by atoms with Gasteiger partial charge in [0.2, 0.25) is 0 Å². The van der Waals surface area contributed by atoms with Crippen LogP contribution in [0.5, 0.6) is 0 Å². The van der Waals surface area contributed by atoms with Crippen LogP contribution in [0, 0.1) is 0 Å². The van der Waals surface area contributed by atoms with Crippen LogP contribution in [0.1, 0.15) is 20.8 Å². The average molecular weight is 456 g/mol. The Hall–Kier alpha value is -0.520. The van der Waals surface area contributed by atoms with Crippen LogP contribution in [0.4, 0.5) is 0 Å². The lowest BCUT2D eigenvalue weighted by Crippen LogP contribution is -2.65. The van der Waals surface area contributed by atoms with E-state index in [9.17, 15) is 40.9 Å². The van der Waals surface area contributed by atoms with E-state index in [2.05, 4.69) is 0 Å². The highest BCUT2D eigenvalue weighted by Gasteiger charge is 2.51. The highest BCUT2D eigenvalue weighted by Crippen LogP contribution is 2.31. The first-order chi connectivity index (χ1) is 14.4. The average Bonchev–Trinajstić information content (AvgIpc) is 2.72. The Labute approximate surface area is 178 Å². The lowest BCUT2D eigenvalue weighted by molar-refractivity contribution is -0.370. The SMILES string of the molecule is C[C@@H]1O[C@@H](O[C@H]2[C@H](O)[C@H](O)[C@@H](O[C@H]3[C@H](O)[C@H](O)[C@@H](O)O[C@@H]3C)O[C@@H]2C)[C@H](O)[C@H](O)[C@H]1O. The van der Waals surface area contributed by atoms with Crippen LogP contribution in [0.2, 0.25) is 0 Å². The Morgan fingerprint density at radius 3 is 1.42 bits per heavy atom. The smallest absolute Gasteiger partial charge is 0.187 e. The zero-order valence-electron chi connectivity index (χ0n) is 17.3. The van der Waals surface area contributed by atoms with Crippen molar-refractivity contribution in [1.29, 1.82) is 0 Å². The summed E-state index contributed by atoms with van der Waals surface area (Å²) >= 11 is 0. The van der Waals surface area contributed by atoms with E-state index in [0.717, 1.165) is 0 Å². The summed E-state index contributed by atoms with van der Waals surface area (Å²) in [6, 6.07) is 0. The van der Waals surface area contributed by atoms with Crippen molar-refractivity contribution in [2.45, 2.75) is 113 Å². The number of ether oxygens (including phenoxy) is 5. The molecule has 0 amide bonds. The minimum absolute atomic E-state index is 0.864. The van der Waals surface area contributed by atoms with E-state index in [0.29, 0.717) is 0 Å². The van der Waals surface area contributed by atoms with E-state index < -0.39 is 92.1 Å². The third-order valence-corrected chi connectivity index (χ3v) is 5.96. The molecule has 3 aliphatic heterocycles. The first kappa shape index (κ1) is 25.1. The zero-order valence-corrected chi connectivity index (χ0v) is 17.3. The second-order valence-corrected chi connectivity index (χ2v) is 8.29. The number of hydrogen-bond donors (Lipinski definition) is 8. The van der Waals surface area contributed by atoms with Gasteiger partial charge in [-0.1, -0.05) is 0 Å². The van der Waals surface area contributed by atoms with Crippen LogP contribution in [0.25, 0.3) is 0 Å². The molecule has 3 fully saturated rings. The molecule has 31 heavy (non-hydrogen) atoms. The van der Waals surface area contributed by atoms with Gasteiger partial charge in [0.25, 0.3) is 0 Å². The van der Waals surface area contributed by atoms with Crippen molar-refractivity contribution in [2.75, 3.05) is 0 Å². The van der Waals surface area contributed by atoms with Gasteiger partial charge in [0.15, 0.2) is 18.9 Å². The molecular weight excluding hydrogens is 424 g/mol. The van der Waals surface area contributed by atoms with Crippen molar-refractivity contribution >= 4 is 0 Å². The first-order valence-corrected chi connectivity index (χ1v) is 10.2. The predicted molar refractivity (Wildman–Crippen MR) is 97.0 cm³/mol. The molecule has 182 valence electrons. The minimum atomic E-state index is -1.67. The van der Waals surface area contributed by atoms with Gasteiger partial charge >= 0.3 is 0 Å². The Bertz CT molecular complexity index is 595. The van der Waals surface area contributed by atoms with Gasteiger partial charge < -0.3 is 64.5 Å². The van der Waals surface area contributed by atoms with Crippen molar-refractivity contribution in [3.8, 4) is 0 Å². The Morgan fingerprint density at radius 1 is 0.452 bits per heavy atom. The maximum atomic E-state index is 10.6. The summed E-state index contributed by atoms with van der Waals surface area (Å²) in [5.74, 6) is 0. The van der Waals surface area contributed by atoms with E-state index >= 15 is 0 Å². The van der Waals surface area contributed by atoms with Gasteiger partial charge in [0.05, 0.1) is 18.3 Å². The molecule has 0 aromatic carbocycles. The molecule has 0 aliphatic carbocycles. The molecule has 15 atom stereocenters. The fraction of sp³-hybridized carbons (Fsp3) is 1.00. The number of aliphatic hydroxyl groups excluding tert-OH is 8. The molecule has 8 N–H and O–H groups in total. The van der Waals surface area contributed by atoms with E-state index in [4.69, 9.17) is 23.7 Å². The van der Waals surface area contributed by atoms with E-state index in [-0.39, 0.29) is 0 Å². The van der Waals surface area contributed by atoms with Gasteiger partial charge in [-0.05, 0) is 20.8 Å². The summed E-state index contributed by atoms with van der Waals surface area (Å²) in [7, 11) is 0. The van der Waals surface area contributed by atoms with Crippen LogP contribution >= 0.6 is 0 Å². The molecule has 0 bridgehead atoms. The predicted octanol–water partition coefficient (Wildman–Crippen LogP) is -4.49. The first-order valence-electron chi connectivity index (χ1n) is 10.2. The summed E-state index contributed by atoms with van der Waals surface area (Å²) in [6.07, 6.45) is -20.4. The molecule has 3 aliphatic rings. The monoisotopic (exact) mass is 456 g/mol. The van der Waals surface area contributed by atoms with Crippen molar-refractivity contribution in [1.82, 2.24) is 0 Å². The molecular formula is C18H32O13. The minimum Gasteiger partial charge on any atom is -0.388 e. The van der Waals surface area contributed by atoms with E-state index in [1.54, 1.807) is 0 Å². The largest absolute Gasteiger partial charge is 0.388 e. The van der Waals surface area contributed by atoms with Gasteiger partial charge in [-0.15, -0.1) is 0 Å². The molecule has 3 heterocycles. The Morgan fingerprint density at radius 2 is 0.871 bits per heavy atom. The highest BCUT2D eigenvalue weighted by atomic mass is 16.7. The lowest BCUT2D eigenvalue weighted by Gasteiger charge is -2.47. The van der Waals surface area contributed by atoms with Crippen LogP contribution < -0.4 is 0 Å². The number of aliphatic hydroxyl groups is 8. The summed E-state index contributed by atoms with van der Waals surface area (Å²) < 4.78 is 27.1. The second kappa shape index (κ2) is 9.77. The molecule has 0 radical (unpaired) electrons. The van der Waals surface area contributed by atoms with Crippen LogP contribution in [0.15, 0.2) is 0 Å². The Kier molecular flexibility index (Phi) is 7.91. The highest BCUT2D eigenvalue weighted by molar-refractivity contribution is 4.94. The van der Waals surface area contributed by atoms with Gasteiger partial charge in [0.1, 0.15) is 54.9 Å². The molecule has 13 nitrogen and oxygen atoms in total. The van der Waals surface area contributed by atoms with Crippen LogP contribution in [0.3, 0.4) is 0 Å². The number of rotatable bonds is 4. The van der Waals surface area contributed by atoms with Gasteiger partial charge in [0, 0.05) is 0 Å². The van der Waals surface area contributed by atoms with Gasteiger partial charge in [-0.2, -0.15) is 0 Å². The second-order valence-electron chi connectivity index (χ2n) is 8.29. The maximum absolute atomic E-state index is 10.6. The third kappa shape index (κ3) is 4.89. The fourth-order valence-electron chi connectivity index (χ4n) is 3.95. The molecule has 3 saturated heterocycles. The summed E-state index contributed by atoms with van der Waals surface area (Å²) in [6.45, 7) is 4.44. The molecule has 0 unspecified atom stereocenters. The van der Waals surface area contributed by atoms with Gasteiger partial charge in [-0.25, -0.2) is 0 Å². The summed E-state index contributed by atoms with van der Waals surface area (Å²) in [5, 5.41) is 80.4. The zero-order chi connectivity index (χ0) is 23.2. The maximum Gasteiger partial charge on any atom is 0.187 e. The molecule has 0 spiro atoms. The van der Waals surface area contributed by atoms with Crippen molar-refractivity contribution in [3.05, 3.63) is 0 Å². The molecule has 13 heteroatoms. The van der Waals surface area contributed by atoms with Gasteiger partial charge in [-0.3, -0.25) is 0 Å². The van der Waals surface area contributed by atoms with Crippen LogP contribution in [-0.2, 0) is 23.7 Å². The Balaban J connectivity index is 1.65. The van der Waals surface area contributed by atoms with E-state index in [1.165, 1.54) is 20.8 Å². The third-order valence-electron chi connectivity index (χ3n) is 5.96. The molecule has 0 aromatic heterocycles. The van der Waals surface area contributed by atoms with Crippen LogP contribution in [-0.4, -0.2) is 133 Å². The van der Waals surface area contributed by atoms with Crippen molar-refractivity contribution in [2.24, 2.45) is 0 Å². The molecule has 0 saturated carbocycles. The molecule has 0 aromatic rings. The lowest BCUT2D eigenvalue weighted by atomic mass is 9.96. The topological polar surface area (TPSA) is 208 Å². The summed E-state index contributed by atoms with van der Waals surface area (Å²) in [5.41, 5.74) is 0. The standard InChI is InChI=1S/C18H32O13/c1-4-7(19)8(20)12(24)17(28-4)31-15-6(3)29-18(13(25)10(15)22)30-14-5(2)27-16(26)11(23)9(14)21/h4-26H,1-3H3/t4-,5+,6+,7-,8+,9+,10+,11-,12+,13-,14+,15+,16-,17-,18+/m0/s1. The summed E-state index contributed by atoms with van der Waals surface area (Å²) in [4.78, 5) is 0. The van der Waals surface area contributed by atoms with E-state index in [1.807, 2.05) is 0 Å². The normalized spacial score (nSPS) is 56.4. The quantitative estimate of drug-likeness (QED) is 0.201. The van der Waals surface area contributed by atoms with Crippen molar-refractivity contribution in [3.63, 3.8) is 0 Å². The molecule has 3 rings (SSSR count). The fourth-order valence-corrected chi connectivity index (χ4v) is 3.95.